The summed E-state index contributed by atoms with van der Waals surface area (Å²) in [7, 11) is 0. The van der Waals surface area contributed by atoms with Gasteiger partial charge in [-0.25, -0.2) is 4.68 Å². The van der Waals surface area contributed by atoms with Crippen LogP contribution >= 0.6 is 15.9 Å². The summed E-state index contributed by atoms with van der Waals surface area (Å²) in [5.74, 6) is 0. The molecule has 1 aromatic carbocycles. The topological polar surface area (TPSA) is 30.7 Å². The standard InChI is InChI=1S/C12H14BrN3/c1-10(13)7-8-12-9-14-15-16(12)11-5-3-2-4-6-11/h2-6,9-10H,7-8H2,1H3. The molecule has 4 heteroatoms. The van der Waals surface area contributed by atoms with Gasteiger partial charge in [0.1, 0.15) is 0 Å². The Hall–Kier alpha value is -1.16. The predicted molar refractivity (Wildman–Crippen MR) is 68.1 cm³/mol. The molecule has 0 aliphatic heterocycles. The molecule has 0 aliphatic carbocycles. The molecule has 0 saturated heterocycles. The molecule has 0 aliphatic rings. The van der Waals surface area contributed by atoms with Gasteiger partial charge in [0.2, 0.25) is 0 Å². The lowest BCUT2D eigenvalue weighted by molar-refractivity contribution is 0.725. The summed E-state index contributed by atoms with van der Waals surface area (Å²) < 4.78 is 1.90. The maximum atomic E-state index is 4.12. The van der Waals surface area contributed by atoms with Crippen LogP contribution in [-0.4, -0.2) is 19.8 Å². The van der Waals surface area contributed by atoms with E-state index < -0.39 is 0 Å². The number of alkyl halides is 1. The van der Waals surface area contributed by atoms with E-state index in [1.165, 1.54) is 0 Å². The first-order chi connectivity index (χ1) is 7.77. The summed E-state index contributed by atoms with van der Waals surface area (Å²) in [6.45, 7) is 2.15. The van der Waals surface area contributed by atoms with Gasteiger partial charge in [-0.1, -0.05) is 46.3 Å². The fourth-order valence-electron chi connectivity index (χ4n) is 1.56. The van der Waals surface area contributed by atoms with Crippen LogP contribution in [0.5, 0.6) is 0 Å². The second-order valence-electron chi connectivity index (χ2n) is 3.79. The van der Waals surface area contributed by atoms with Crippen molar-refractivity contribution < 1.29 is 0 Å². The van der Waals surface area contributed by atoms with Crippen molar-refractivity contribution in [2.45, 2.75) is 24.6 Å². The molecule has 0 fully saturated rings. The normalized spacial score (nSPS) is 12.6. The van der Waals surface area contributed by atoms with E-state index >= 15 is 0 Å². The van der Waals surface area contributed by atoms with E-state index in [2.05, 4.69) is 33.2 Å². The van der Waals surface area contributed by atoms with Gasteiger partial charge in [0, 0.05) is 4.83 Å². The zero-order valence-corrected chi connectivity index (χ0v) is 10.8. The molecule has 84 valence electrons. The molecular formula is C12H14BrN3. The number of para-hydroxylation sites is 1. The van der Waals surface area contributed by atoms with Crippen molar-refractivity contribution in [2.75, 3.05) is 0 Å². The van der Waals surface area contributed by atoms with Crippen LogP contribution in [0, 0.1) is 0 Å². The highest BCUT2D eigenvalue weighted by atomic mass is 79.9. The van der Waals surface area contributed by atoms with Gasteiger partial charge in [0.25, 0.3) is 0 Å². The van der Waals surface area contributed by atoms with Crippen molar-refractivity contribution in [1.29, 1.82) is 0 Å². The van der Waals surface area contributed by atoms with E-state index in [1.807, 2.05) is 41.2 Å². The molecule has 3 nitrogen and oxygen atoms in total. The Kier molecular flexibility index (Phi) is 3.72. The molecule has 2 rings (SSSR count). The predicted octanol–water partition coefficient (Wildman–Crippen LogP) is 2.98. The van der Waals surface area contributed by atoms with E-state index in [-0.39, 0.29) is 0 Å². The lowest BCUT2D eigenvalue weighted by atomic mass is 10.2. The molecule has 1 aromatic heterocycles. The molecule has 0 amide bonds. The molecule has 1 heterocycles. The van der Waals surface area contributed by atoms with Crippen LogP contribution in [0.3, 0.4) is 0 Å². The lowest BCUT2D eigenvalue weighted by Crippen LogP contribution is -2.04. The van der Waals surface area contributed by atoms with Gasteiger partial charge in [-0.3, -0.25) is 0 Å². The monoisotopic (exact) mass is 279 g/mol. The highest BCUT2D eigenvalue weighted by Crippen LogP contribution is 2.13. The zero-order valence-electron chi connectivity index (χ0n) is 9.18. The van der Waals surface area contributed by atoms with Gasteiger partial charge in [-0.15, -0.1) is 5.10 Å². The van der Waals surface area contributed by atoms with Gasteiger partial charge >= 0.3 is 0 Å². The van der Waals surface area contributed by atoms with Crippen LogP contribution in [0.4, 0.5) is 0 Å². The van der Waals surface area contributed by atoms with Crippen molar-refractivity contribution >= 4 is 15.9 Å². The molecular weight excluding hydrogens is 266 g/mol. The molecule has 16 heavy (non-hydrogen) atoms. The maximum Gasteiger partial charge on any atom is 0.0729 e. The number of nitrogens with zero attached hydrogens (tertiary/aromatic N) is 3. The van der Waals surface area contributed by atoms with Gasteiger partial charge in [0.05, 0.1) is 17.6 Å². The number of rotatable bonds is 4. The number of hydrogen-bond acceptors (Lipinski definition) is 2. The third-order valence-corrected chi connectivity index (χ3v) is 2.88. The highest BCUT2D eigenvalue weighted by molar-refractivity contribution is 9.09. The van der Waals surface area contributed by atoms with Crippen molar-refractivity contribution in [2.24, 2.45) is 0 Å². The SMILES string of the molecule is CC(Br)CCc1cnnn1-c1ccccc1. The summed E-state index contributed by atoms with van der Waals surface area (Å²) in [6.07, 6.45) is 3.90. The van der Waals surface area contributed by atoms with Crippen molar-refractivity contribution in [3.63, 3.8) is 0 Å². The zero-order chi connectivity index (χ0) is 11.4. The third kappa shape index (κ3) is 2.70. The summed E-state index contributed by atoms with van der Waals surface area (Å²) >= 11 is 3.55. The largest absolute Gasteiger partial charge is 0.218 e. The van der Waals surface area contributed by atoms with E-state index in [9.17, 15) is 0 Å². The first-order valence-electron chi connectivity index (χ1n) is 5.36. The minimum Gasteiger partial charge on any atom is -0.218 e. The quantitative estimate of drug-likeness (QED) is 0.806. The van der Waals surface area contributed by atoms with E-state index in [1.54, 1.807) is 0 Å². The number of aromatic nitrogens is 3. The number of halogens is 1. The van der Waals surface area contributed by atoms with Gasteiger partial charge in [-0.05, 0) is 25.0 Å². The Labute approximate surface area is 104 Å². The van der Waals surface area contributed by atoms with Crippen molar-refractivity contribution in [1.82, 2.24) is 15.0 Å². The fourth-order valence-corrected chi connectivity index (χ4v) is 1.79. The average molecular weight is 280 g/mol. The molecule has 1 atom stereocenters. The van der Waals surface area contributed by atoms with Crippen LogP contribution in [0.25, 0.3) is 5.69 Å². The van der Waals surface area contributed by atoms with Crippen molar-refractivity contribution in [3.05, 3.63) is 42.2 Å². The summed E-state index contributed by atoms with van der Waals surface area (Å²) in [5, 5.41) is 8.09. The first-order valence-corrected chi connectivity index (χ1v) is 6.28. The number of aryl methyl sites for hydroxylation is 1. The van der Waals surface area contributed by atoms with Crippen LogP contribution in [0.2, 0.25) is 0 Å². The second-order valence-corrected chi connectivity index (χ2v) is 5.36. The van der Waals surface area contributed by atoms with Crippen LogP contribution < -0.4 is 0 Å². The fraction of sp³-hybridized carbons (Fsp3) is 0.333. The summed E-state index contributed by atoms with van der Waals surface area (Å²) in [4.78, 5) is 0.520. The molecule has 1 unspecified atom stereocenters. The molecule has 0 bridgehead atoms. The maximum absolute atomic E-state index is 4.12. The van der Waals surface area contributed by atoms with Gasteiger partial charge in [0.15, 0.2) is 0 Å². The molecule has 2 aromatic rings. The highest BCUT2D eigenvalue weighted by Gasteiger charge is 2.06. The number of benzene rings is 1. The Balaban J connectivity index is 2.19. The van der Waals surface area contributed by atoms with Crippen LogP contribution in [-0.2, 0) is 6.42 Å². The van der Waals surface area contributed by atoms with Crippen LogP contribution in [0.1, 0.15) is 19.0 Å². The van der Waals surface area contributed by atoms with E-state index in [0.717, 1.165) is 24.2 Å². The smallest absolute Gasteiger partial charge is 0.0729 e. The molecule has 0 saturated carbocycles. The molecule has 0 spiro atoms. The van der Waals surface area contributed by atoms with Crippen LogP contribution in [0.15, 0.2) is 36.5 Å². The first kappa shape index (κ1) is 11.3. The van der Waals surface area contributed by atoms with Gasteiger partial charge < -0.3 is 0 Å². The minimum absolute atomic E-state index is 0.520. The Morgan fingerprint density at radius 3 is 2.75 bits per heavy atom. The summed E-state index contributed by atoms with van der Waals surface area (Å²) in [5.41, 5.74) is 2.22. The van der Waals surface area contributed by atoms with Gasteiger partial charge in [-0.2, -0.15) is 0 Å². The summed E-state index contributed by atoms with van der Waals surface area (Å²) in [6, 6.07) is 10.1. The van der Waals surface area contributed by atoms with E-state index in [0.29, 0.717) is 4.83 Å². The second kappa shape index (κ2) is 5.25. The lowest BCUT2D eigenvalue weighted by Gasteiger charge is -2.06. The minimum atomic E-state index is 0.520. The van der Waals surface area contributed by atoms with Crippen molar-refractivity contribution in [3.8, 4) is 5.69 Å². The Morgan fingerprint density at radius 2 is 2.06 bits per heavy atom. The third-order valence-electron chi connectivity index (χ3n) is 2.42. The Morgan fingerprint density at radius 1 is 1.31 bits per heavy atom. The Bertz CT molecular complexity index is 437. The van der Waals surface area contributed by atoms with E-state index in [4.69, 9.17) is 0 Å². The number of hydrogen-bond donors (Lipinski definition) is 0. The average Bonchev–Trinajstić information content (AvgIpc) is 2.75. The molecule has 0 N–H and O–H groups in total. The molecule has 0 radical (unpaired) electrons.